The van der Waals surface area contributed by atoms with Crippen molar-refractivity contribution in [3.05, 3.63) is 114 Å². The predicted molar refractivity (Wildman–Crippen MR) is 163 cm³/mol. The smallest absolute Gasteiger partial charge is 0.125 e. The van der Waals surface area contributed by atoms with Gasteiger partial charge in [0.1, 0.15) is 5.82 Å². The van der Waals surface area contributed by atoms with E-state index in [0.29, 0.717) is 12.2 Å². The van der Waals surface area contributed by atoms with E-state index in [-0.39, 0.29) is 0 Å². The molecule has 3 rings (SSSR count). The molecule has 5 nitrogen and oxygen atoms in total. The van der Waals surface area contributed by atoms with Gasteiger partial charge in [-0.15, -0.1) is 12.8 Å². The third-order valence-electron chi connectivity index (χ3n) is 5.22. The van der Waals surface area contributed by atoms with Gasteiger partial charge in [0.05, 0.1) is 5.71 Å². The van der Waals surface area contributed by atoms with Gasteiger partial charge in [0, 0.05) is 31.1 Å². The SMILES string of the molecule is C=C/C=C(\N=C/C)NCc1cc(C2=NC=CC2)ccc1-c1ccccc1/C=C(\C)C(=C)N.CC.NS. The number of aliphatic imine (C=N–C) groups is 2. The van der Waals surface area contributed by atoms with E-state index < -0.39 is 0 Å². The first kappa shape index (κ1) is 30.4. The van der Waals surface area contributed by atoms with Crippen LogP contribution in [0.4, 0.5) is 0 Å². The molecule has 1 heterocycles. The van der Waals surface area contributed by atoms with Crippen LogP contribution in [0.3, 0.4) is 0 Å². The lowest BCUT2D eigenvalue weighted by Crippen LogP contribution is -2.13. The molecule has 2 aromatic rings. The number of allylic oxidation sites excluding steroid dienone is 4. The zero-order chi connectivity index (χ0) is 26.9. The Kier molecular flexibility index (Phi) is 14.3. The minimum absolute atomic E-state index is 0.570. The number of rotatable bonds is 9. The molecular formula is C30H39N5S. The van der Waals surface area contributed by atoms with Crippen molar-refractivity contribution in [3.63, 3.8) is 0 Å². The second-order valence-electron chi connectivity index (χ2n) is 7.50. The number of nitrogens with two attached hydrogens (primary N) is 2. The maximum atomic E-state index is 5.91. The standard InChI is InChI=1S/C28H30N4.C2H6.H3NS/c1-5-10-28(30-6-2)32-19-24-18-23(27-13-9-16-31-27)14-15-26(24)25-12-8-7-11-22(25)17-20(3)21(4)29;2*1-2/h5-12,14-18,32H,1,4,13,19,29H2,2-3H3;1-2H3;2H,1H2/b20-17+,28-10+,30-6-;;. The van der Waals surface area contributed by atoms with Crippen molar-refractivity contribution in [3.8, 4) is 11.1 Å². The van der Waals surface area contributed by atoms with E-state index in [0.717, 1.165) is 51.3 Å². The van der Waals surface area contributed by atoms with Gasteiger partial charge in [0.25, 0.3) is 0 Å². The molecule has 5 N–H and O–H groups in total. The van der Waals surface area contributed by atoms with Crippen molar-refractivity contribution in [2.45, 2.75) is 40.7 Å². The number of hydrogen-bond acceptors (Lipinski definition) is 6. The Morgan fingerprint density at radius 3 is 2.50 bits per heavy atom. The predicted octanol–water partition coefficient (Wildman–Crippen LogP) is 6.96. The van der Waals surface area contributed by atoms with Gasteiger partial charge in [0.2, 0.25) is 0 Å². The molecule has 0 fully saturated rings. The second kappa shape index (κ2) is 16.9. The fourth-order valence-electron chi connectivity index (χ4n) is 3.51. The van der Waals surface area contributed by atoms with Gasteiger partial charge in [-0.3, -0.25) is 10.1 Å². The van der Waals surface area contributed by atoms with E-state index in [1.54, 1.807) is 12.3 Å². The first-order valence-electron chi connectivity index (χ1n) is 11.9. The number of nitrogens with one attached hydrogen (secondary N) is 1. The first-order valence-corrected chi connectivity index (χ1v) is 12.4. The van der Waals surface area contributed by atoms with Gasteiger partial charge in [0.15, 0.2) is 0 Å². The summed E-state index contributed by atoms with van der Waals surface area (Å²) in [6, 6.07) is 14.9. The van der Waals surface area contributed by atoms with Crippen molar-refractivity contribution in [1.82, 2.24) is 5.32 Å². The van der Waals surface area contributed by atoms with E-state index in [2.05, 4.69) is 95.0 Å². The summed E-state index contributed by atoms with van der Waals surface area (Å²) < 4.78 is 0. The Morgan fingerprint density at radius 2 is 1.89 bits per heavy atom. The normalized spacial score (nSPS) is 12.8. The average molecular weight is 502 g/mol. The highest BCUT2D eigenvalue weighted by molar-refractivity contribution is 7.77. The van der Waals surface area contributed by atoms with Crippen LogP contribution in [-0.4, -0.2) is 11.9 Å². The highest BCUT2D eigenvalue weighted by Gasteiger charge is 2.13. The third kappa shape index (κ3) is 8.87. The van der Waals surface area contributed by atoms with Crippen molar-refractivity contribution in [1.29, 1.82) is 0 Å². The topological polar surface area (TPSA) is 88.8 Å². The van der Waals surface area contributed by atoms with Gasteiger partial charge in [-0.2, -0.15) is 0 Å². The van der Waals surface area contributed by atoms with Crippen LogP contribution in [0.25, 0.3) is 17.2 Å². The second-order valence-corrected chi connectivity index (χ2v) is 7.50. The Bertz CT molecular complexity index is 1170. The zero-order valence-electron chi connectivity index (χ0n) is 21.8. The lowest BCUT2D eigenvalue weighted by Gasteiger charge is -2.16. The zero-order valence-corrected chi connectivity index (χ0v) is 22.7. The van der Waals surface area contributed by atoms with Gasteiger partial charge >= 0.3 is 0 Å². The molecule has 0 bridgehead atoms. The van der Waals surface area contributed by atoms with Crippen LogP contribution in [0, 0.1) is 0 Å². The number of benzene rings is 2. The summed E-state index contributed by atoms with van der Waals surface area (Å²) in [6.45, 7) is 16.1. The monoisotopic (exact) mass is 501 g/mol. The fourth-order valence-corrected chi connectivity index (χ4v) is 3.51. The maximum absolute atomic E-state index is 5.91. The van der Waals surface area contributed by atoms with Crippen LogP contribution in [0.5, 0.6) is 0 Å². The number of nitrogens with zero attached hydrogens (tertiary/aromatic N) is 2. The third-order valence-corrected chi connectivity index (χ3v) is 5.22. The maximum Gasteiger partial charge on any atom is 0.125 e. The Labute approximate surface area is 222 Å². The first-order chi connectivity index (χ1) is 17.5. The molecule has 0 unspecified atom stereocenters. The van der Waals surface area contributed by atoms with Crippen LogP contribution >= 0.6 is 12.8 Å². The van der Waals surface area contributed by atoms with Gasteiger partial charge in [-0.1, -0.05) is 75.6 Å². The Morgan fingerprint density at radius 1 is 1.17 bits per heavy atom. The number of thiol groups is 1. The molecule has 0 radical (unpaired) electrons. The highest BCUT2D eigenvalue weighted by Crippen LogP contribution is 2.31. The van der Waals surface area contributed by atoms with Crippen molar-refractivity contribution < 1.29 is 0 Å². The van der Waals surface area contributed by atoms with Crippen molar-refractivity contribution >= 4 is 30.8 Å². The molecule has 1 aliphatic heterocycles. The molecule has 2 aromatic carbocycles. The molecule has 0 aromatic heterocycles. The number of hydrogen-bond donors (Lipinski definition) is 4. The molecule has 0 saturated heterocycles. The molecule has 0 spiro atoms. The van der Waals surface area contributed by atoms with E-state index in [1.807, 2.05) is 46.0 Å². The molecule has 0 atom stereocenters. The molecule has 1 aliphatic rings. The average Bonchev–Trinajstić information content (AvgIpc) is 3.45. The molecular weight excluding hydrogens is 462 g/mol. The summed E-state index contributed by atoms with van der Waals surface area (Å²) in [5.74, 6) is 0.766. The summed E-state index contributed by atoms with van der Waals surface area (Å²) in [7, 11) is 0. The molecule has 190 valence electrons. The van der Waals surface area contributed by atoms with Crippen LogP contribution in [0.2, 0.25) is 0 Å². The largest absolute Gasteiger partial charge is 0.399 e. The molecule has 0 amide bonds. The van der Waals surface area contributed by atoms with E-state index >= 15 is 0 Å². The van der Waals surface area contributed by atoms with Crippen LogP contribution in [0.1, 0.15) is 50.8 Å². The minimum Gasteiger partial charge on any atom is -0.399 e. The summed E-state index contributed by atoms with van der Waals surface area (Å²) in [5.41, 5.74) is 14.2. The fraction of sp³-hybridized carbons (Fsp3) is 0.200. The highest BCUT2D eigenvalue weighted by atomic mass is 32.1. The van der Waals surface area contributed by atoms with E-state index in [4.69, 9.17) is 5.73 Å². The summed E-state index contributed by atoms with van der Waals surface area (Å²) in [4.78, 5) is 8.91. The summed E-state index contributed by atoms with van der Waals surface area (Å²) in [6.07, 6.45) is 12.2. The minimum atomic E-state index is 0.570. The Balaban J connectivity index is 0.00000154. The van der Waals surface area contributed by atoms with Gasteiger partial charge < -0.3 is 11.1 Å². The lowest BCUT2D eigenvalue weighted by molar-refractivity contribution is 0.802. The van der Waals surface area contributed by atoms with E-state index in [9.17, 15) is 0 Å². The molecule has 6 heteroatoms. The molecule has 0 aliphatic carbocycles. The van der Waals surface area contributed by atoms with Gasteiger partial charge in [-0.25, -0.2) is 4.99 Å². The van der Waals surface area contributed by atoms with Crippen LogP contribution in [0.15, 0.2) is 107 Å². The Hall–Kier alpha value is -3.61. The molecule has 0 saturated carbocycles. The van der Waals surface area contributed by atoms with Gasteiger partial charge in [-0.05, 0) is 65.5 Å². The van der Waals surface area contributed by atoms with E-state index in [1.165, 1.54) is 0 Å². The lowest BCUT2D eigenvalue weighted by atomic mass is 9.91. The quantitative estimate of drug-likeness (QED) is 0.170. The van der Waals surface area contributed by atoms with Crippen LogP contribution in [-0.2, 0) is 6.54 Å². The summed E-state index contributed by atoms with van der Waals surface area (Å²) in [5, 5.41) is 7.63. The summed E-state index contributed by atoms with van der Waals surface area (Å²) >= 11 is 3.03. The van der Waals surface area contributed by atoms with Crippen LogP contribution < -0.4 is 16.2 Å². The van der Waals surface area contributed by atoms with Crippen molar-refractivity contribution in [2.75, 3.05) is 0 Å². The van der Waals surface area contributed by atoms with Crippen molar-refractivity contribution in [2.24, 2.45) is 20.9 Å². The molecule has 36 heavy (non-hydrogen) atoms.